The van der Waals surface area contributed by atoms with Crippen molar-refractivity contribution < 1.29 is 9.50 Å². The first kappa shape index (κ1) is 8.68. The van der Waals surface area contributed by atoms with Crippen LogP contribution in [0.2, 0.25) is 0 Å². The van der Waals surface area contributed by atoms with Gasteiger partial charge in [0.1, 0.15) is 6.67 Å². The predicted octanol–water partition coefficient (Wildman–Crippen LogP) is 2.01. The largest absolute Gasteiger partial charge is 0.390 e. The molecule has 0 fully saturated rings. The number of halogens is 1. The number of rotatable bonds is 4. The Morgan fingerprint density at radius 2 is 2.45 bits per heavy atom. The average molecular weight is 174 g/mol. The number of hydrogen-bond acceptors (Lipinski definition) is 2. The summed E-state index contributed by atoms with van der Waals surface area (Å²) >= 11 is 1.62. The zero-order chi connectivity index (χ0) is 8.10. The lowest BCUT2D eigenvalue weighted by Gasteiger charge is -2.02. The van der Waals surface area contributed by atoms with E-state index < -0.39 is 12.8 Å². The highest BCUT2D eigenvalue weighted by Gasteiger charge is 2.02. The van der Waals surface area contributed by atoms with Gasteiger partial charge in [0.05, 0.1) is 6.10 Å². The minimum atomic E-state index is -0.783. The number of aliphatic hydroxyl groups excluding tert-OH is 1. The van der Waals surface area contributed by atoms with Gasteiger partial charge in [-0.25, -0.2) is 4.39 Å². The van der Waals surface area contributed by atoms with Gasteiger partial charge in [-0.2, -0.15) is 11.3 Å². The first-order valence-electron chi connectivity index (χ1n) is 3.58. The molecule has 0 saturated heterocycles. The molecule has 0 aliphatic rings. The normalized spacial score (nSPS) is 13.3. The molecule has 1 rings (SSSR count). The van der Waals surface area contributed by atoms with Crippen LogP contribution in [0.5, 0.6) is 0 Å². The Kier molecular flexibility index (Phi) is 3.52. The van der Waals surface area contributed by atoms with Crippen LogP contribution < -0.4 is 0 Å². The third kappa shape index (κ3) is 2.99. The summed E-state index contributed by atoms with van der Waals surface area (Å²) in [5.41, 5.74) is 1.18. The molecule has 1 nitrogen and oxygen atoms in total. The maximum Gasteiger partial charge on any atom is 0.115 e. The zero-order valence-electron chi connectivity index (χ0n) is 6.16. The molecule has 0 bridgehead atoms. The van der Waals surface area contributed by atoms with E-state index in [9.17, 15) is 4.39 Å². The Hall–Kier alpha value is -0.410. The summed E-state index contributed by atoms with van der Waals surface area (Å²) in [5.74, 6) is 0. The van der Waals surface area contributed by atoms with E-state index in [4.69, 9.17) is 5.11 Å². The van der Waals surface area contributed by atoms with Crippen LogP contribution >= 0.6 is 11.3 Å². The fourth-order valence-electron chi connectivity index (χ4n) is 0.845. The summed E-state index contributed by atoms with van der Waals surface area (Å²) in [7, 11) is 0. The lowest BCUT2D eigenvalue weighted by molar-refractivity contribution is 0.131. The number of thiophene rings is 1. The Morgan fingerprint density at radius 3 is 3.00 bits per heavy atom. The Bertz CT molecular complexity index is 186. The van der Waals surface area contributed by atoms with Gasteiger partial charge in [0.15, 0.2) is 0 Å². The van der Waals surface area contributed by atoms with Crippen molar-refractivity contribution in [3.05, 3.63) is 22.4 Å². The van der Waals surface area contributed by atoms with Crippen LogP contribution in [0.15, 0.2) is 16.8 Å². The number of alkyl halides is 1. The second kappa shape index (κ2) is 4.46. The van der Waals surface area contributed by atoms with Gasteiger partial charge < -0.3 is 5.11 Å². The molecule has 1 atom stereocenters. The van der Waals surface area contributed by atoms with E-state index in [0.29, 0.717) is 6.42 Å². The van der Waals surface area contributed by atoms with Gasteiger partial charge in [-0.3, -0.25) is 0 Å². The standard InChI is InChI=1S/C8H11FOS/c9-5-8(10)2-1-7-3-4-11-6-7/h3-4,6,8,10H,1-2,5H2. The Morgan fingerprint density at radius 1 is 1.64 bits per heavy atom. The van der Waals surface area contributed by atoms with Gasteiger partial charge in [0.2, 0.25) is 0 Å². The molecule has 3 heteroatoms. The van der Waals surface area contributed by atoms with Crippen molar-refractivity contribution in [2.75, 3.05) is 6.67 Å². The SMILES string of the molecule is OC(CF)CCc1ccsc1. The fraction of sp³-hybridized carbons (Fsp3) is 0.500. The van der Waals surface area contributed by atoms with Crippen molar-refractivity contribution in [1.29, 1.82) is 0 Å². The van der Waals surface area contributed by atoms with Gasteiger partial charge in [-0.1, -0.05) is 0 Å². The van der Waals surface area contributed by atoms with Crippen molar-refractivity contribution in [2.45, 2.75) is 18.9 Å². The van der Waals surface area contributed by atoms with Crippen molar-refractivity contribution in [3.63, 3.8) is 0 Å². The fourth-order valence-corrected chi connectivity index (χ4v) is 1.55. The summed E-state index contributed by atoms with van der Waals surface area (Å²) in [6, 6.07) is 2.00. The molecule has 0 aliphatic heterocycles. The molecule has 0 aromatic carbocycles. The first-order chi connectivity index (χ1) is 5.33. The van der Waals surface area contributed by atoms with Crippen LogP contribution in [-0.4, -0.2) is 17.9 Å². The van der Waals surface area contributed by atoms with Gasteiger partial charge >= 0.3 is 0 Å². The molecular formula is C8H11FOS. The van der Waals surface area contributed by atoms with Crippen LogP contribution in [0.25, 0.3) is 0 Å². The van der Waals surface area contributed by atoms with Crippen LogP contribution in [-0.2, 0) is 6.42 Å². The van der Waals surface area contributed by atoms with Crippen molar-refractivity contribution >= 4 is 11.3 Å². The second-order valence-corrected chi connectivity index (χ2v) is 3.26. The molecule has 1 aromatic rings. The molecule has 0 amide bonds. The van der Waals surface area contributed by atoms with Gasteiger partial charge in [0, 0.05) is 0 Å². The zero-order valence-corrected chi connectivity index (χ0v) is 6.98. The summed E-state index contributed by atoms with van der Waals surface area (Å²) in [4.78, 5) is 0. The topological polar surface area (TPSA) is 20.2 Å². The van der Waals surface area contributed by atoms with Crippen molar-refractivity contribution in [1.82, 2.24) is 0 Å². The van der Waals surface area contributed by atoms with Crippen molar-refractivity contribution in [2.24, 2.45) is 0 Å². The quantitative estimate of drug-likeness (QED) is 0.740. The maximum atomic E-state index is 11.8. The number of aryl methyl sites for hydroxylation is 1. The van der Waals surface area contributed by atoms with Crippen LogP contribution in [0.4, 0.5) is 4.39 Å². The lowest BCUT2D eigenvalue weighted by Crippen LogP contribution is -2.09. The van der Waals surface area contributed by atoms with Crippen LogP contribution in [0.3, 0.4) is 0 Å². The second-order valence-electron chi connectivity index (χ2n) is 2.48. The molecule has 62 valence electrons. The molecule has 0 radical (unpaired) electrons. The summed E-state index contributed by atoms with van der Waals surface area (Å²) in [6.07, 6.45) is 0.511. The molecule has 0 spiro atoms. The summed E-state index contributed by atoms with van der Waals surface area (Å²) in [5, 5.41) is 12.9. The monoisotopic (exact) mass is 174 g/mol. The molecule has 1 aromatic heterocycles. The minimum absolute atomic E-state index is 0.521. The van der Waals surface area contributed by atoms with E-state index in [0.717, 1.165) is 6.42 Å². The Labute approximate surface area is 69.5 Å². The third-order valence-corrected chi connectivity index (χ3v) is 2.26. The van der Waals surface area contributed by atoms with Crippen molar-refractivity contribution in [3.8, 4) is 0 Å². The van der Waals surface area contributed by atoms with E-state index in [1.807, 2.05) is 16.8 Å². The molecule has 11 heavy (non-hydrogen) atoms. The van der Waals surface area contributed by atoms with E-state index in [-0.39, 0.29) is 0 Å². The predicted molar refractivity (Wildman–Crippen MR) is 44.6 cm³/mol. The maximum absolute atomic E-state index is 11.8. The van der Waals surface area contributed by atoms with Gasteiger partial charge in [-0.15, -0.1) is 0 Å². The molecule has 0 aliphatic carbocycles. The van der Waals surface area contributed by atoms with Gasteiger partial charge in [-0.05, 0) is 35.2 Å². The molecule has 0 saturated carbocycles. The smallest absolute Gasteiger partial charge is 0.115 e. The third-order valence-electron chi connectivity index (χ3n) is 1.52. The first-order valence-corrected chi connectivity index (χ1v) is 4.52. The molecular weight excluding hydrogens is 163 g/mol. The highest BCUT2D eigenvalue weighted by atomic mass is 32.1. The number of hydrogen-bond donors (Lipinski definition) is 1. The molecule has 1 unspecified atom stereocenters. The summed E-state index contributed by atoms with van der Waals surface area (Å²) < 4.78 is 11.8. The Balaban J connectivity index is 2.23. The van der Waals surface area contributed by atoms with Gasteiger partial charge in [0.25, 0.3) is 0 Å². The molecule has 1 heterocycles. The van der Waals surface area contributed by atoms with E-state index in [2.05, 4.69) is 0 Å². The minimum Gasteiger partial charge on any atom is -0.390 e. The number of aliphatic hydroxyl groups is 1. The highest BCUT2D eigenvalue weighted by molar-refractivity contribution is 7.07. The van der Waals surface area contributed by atoms with Crippen LogP contribution in [0, 0.1) is 0 Å². The average Bonchev–Trinajstić information content (AvgIpc) is 2.52. The lowest BCUT2D eigenvalue weighted by atomic mass is 10.1. The van der Waals surface area contributed by atoms with E-state index >= 15 is 0 Å². The summed E-state index contributed by atoms with van der Waals surface area (Å²) in [6.45, 7) is -0.635. The van der Waals surface area contributed by atoms with E-state index in [1.165, 1.54) is 5.56 Å². The van der Waals surface area contributed by atoms with E-state index in [1.54, 1.807) is 11.3 Å². The highest BCUT2D eigenvalue weighted by Crippen LogP contribution is 2.09. The molecule has 1 N–H and O–H groups in total. The van der Waals surface area contributed by atoms with Crippen LogP contribution in [0.1, 0.15) is 12.0 Å².